The van der Waals surface area contributed by atoms with Crippen molar-refractivity contribution in [3.8, 4) is 11.5 Å². The fourth-order valence-corrected chi connectivity index (χ4v) is 5.13. The largest absolute Gasteiger partial charge is 0.507 e. The van der Waals surface area contributed by atoms with Crippen LogP contribution in [0, 0.1) is 0 Å². The van der Waals surface area contributed by atoms with Crippen LogP contribution in [0.2, 0.25) is 5.02 Å². The highest BCUT2D eigenvalue weighted by atomic mass is 35.5. The van der Waals surface area contributed by atoms with E-state index in [2.05, 4.69) is 9.97 Å². The molecule has 1 aliphatic heterocycles. The number of phenols is 1. The van der Waals surface area contributed by atoms with Gasteiger partial charge < -0.3 is 14.9 Å². The maximum atomic E-state index is 13.3. The van der Waals surface area contributed by atoms with Crippen LogP contribution in [0.1, 0.15) is 17.2 Å². The summed E-state index contributed by atoms with van der Waals surface area (Å²) in [4.78, 5) is 36.2. The molecule has 34 heavy (non-hydrogen) atoms. The number of benzene rings is 2. The molecule has 0 aliphatic carbocycles. The van der Waals surface area contributed by atoms with Crippen molar-refractivity contribution in [2.75, 3.05) is 12.0 Å². The molecule has 0 radical (unpaired) electrons. The summed E-state index contributed by atoms with van der Waals surface area (Å²) in [6, 6.07) is 11.7. The van der Waals surface area contributed by atoms with E-state index in [1.54, 1.807) is 24.3 Å². The molecule has 10 heteroatoms. The number of hydrogen-bond acceptors (Lipinski definition) is 8. The second-order valence-electron chi connectivity index (χ2n) is 7.44. The molecule has 8 nitrogen and oxygen atoms in total. The number of aromatic hydroxyl groups is 1. The van der Waals surface area contributed by atoms with Crippen LogP contribution in [0.5, 0.6) is 11.5 Å². The van der Waals surface area contributed by atoms with Crippen LogP contribution in [-0.4, -0.2) is 39.0 Å². The zero-order valence-electron chi connectivity index (χ0n) is 17.6. The van der Waals surface area contributed by atoms with Gasteiger partial charge in [0, 0.05) is 23.0 Å². The minimum Gasteiger partial charge on any atom is -0.507 e. The minimum absolute atomic E-state index is 0.105. The zero-order valence-corrected chi connectivity index (χ0v) is 19.2. The molecule has 1 saturated heterocycles. The standard InChI is InChI=1S/C24H16ClN3O5S/c1-33-17-10-13(2-5-16(17)29)20-19(21(30)12-6-8-26-9-7-12)22(31)23(32)28(20)24-27-15-4-3-14(25)11-18(15)34-24/h2-11,20,29-30H,1H3. The molecule has 2 aromatic carbocycles. The number of amides is 1. The quantitative estimate of drug-likeness (QED) is 0.241. The summed E-state index contributed by atoms with van der Waals surface area (Å²) in [6.07, 6.45) is 2.95. The van der Waals surface area contributed by atoms with Gasteiger partial charge in [-0.2, -0.15) is 0 Å². The number of carbonyl (C=O) groups excluding carboxylic acids is 2. The molecule has 4 aromatic rings. The highest BCUT2D eigenvalue weighted by molar-refractivity contribution is 7.22. The monoisotopic (exact) mass is 493 g/mol. The van der Waals surface area contributed by atoms with Crippen LogP contribution in [0.3, 0.4) is 0 Å². The number of nitrogens with zero attached hydrogens (tertiary/aromatic N) is 3. The third-order valence-corrected chi connectivity index (χ3v) is 6.72. The van der Waals surface area contributed by atoms with Gasteiger partial charge in [0.25, 0.3) is 5.78 Å². The Morgan fingerprint density at radius 2 is 1.88 bits per heavy atom. The molecule has 3 heterocycles. The first-order chi connectivity index (χ1) is 16.4. The smallest absolute Gasteiger partial charge is 0.301 e. The van der Waals surface area contributed by atoms with E-state index in [9.17, 15) is 19.8 Å². The van der Waals surface area contributed by atoms with Crippen LogP contribution >= 0.6 is 22.9 Å². The van der Waals surface area contributed by atoms with Gasteiger partial charge in [0.05, 0.1) is 28.9 Å². The molecule has 0 spiro atoms. The van der Waals surface area contributed by atoms with E-state index in [1.165, 1.54) is 60.0 Å². The van der Waals surface area contributed by atoms with Gasteiger partial charge in [-0.15, -0.1) is 0 Å². The number of ether oxygens (including phenoxy) is 1. The highest BCUT2D eigenvalue weighted by Gasteiger charge is 2.48. The summed E-state index contributed by atoms with van der Waals surface area (Å²) in [6.45, 7) is 0. The van der Waals surface area contributed by atoms with Gasteiger partial charge in [-0.25, -0.2) is 4.98 Å². The molecule has 1 aliphatic rings. The van der Waals surface area contributed by atoms with E-state index < -0.39 is 17.7 Å². The number of pyridine rings is 1. The topological polar surface area (TPSA) is 113 Å². The number of thiazole rings is 1. The Morgan fingerprint density at radius 3 is 2.62 bits per heavy atom. The molecule has 1 atom stereocenters. The fourth-order valence-electron chi connectivity index (χ4n) is 3.86. The molecule has 1 amide bonds. The number of aromatic nitrogens is 2. The number of aliphatic hydroxyl groups is 1. The Hall–Kier alpha value is -3.95. The average Bonchev–Trinajstić information content (AvgIpc) is 3.37. The number of methoxy groups -OCH3 is 1. The van der Waals surface area contributed by atoms with E-state index >= 15 is 0 Å². The second-order valence-corrected chi connectivity index (χ2v) is 8.89. The van der Waals surface area contributed by atoms with Gasteiger partial charge in [-0.05, 0) is 48.0 Å². The number of fused-ring (bicyclic) bond motifs is 1. The lowest BCUT2D eigenvalue weighted by atomic mass is 9.95. The number of halogens is 1. The van der Waals surface area contributed by atoms with Crippen LogP contribution in [0.15, 0.2) is 66.5 Å². The van der Waals surface area contributed by atoms with Crippen LogP contribution < -0.4 is 9.64 Å². The first-order valence-electron chi connectivity index (χ1n) is 10.0. The maximum absolute atomic E-state index is 13.3. The molecule has 1 fully saturated rings. The minimum atomic E-state index is -1.02. The summed E-state index contributed by atoms with van der Waals surface area (Å²) in [7, 11) is 1.39. The molecule has 0 bridgehead atoms. The third-order valence-electron chi connectivity index (χ3n) is 5.46. The summed E-state index contributed by atoms with van der Waals surface area (Å²) < 4.78 is 5.97. The van der Waals surface area contributed by atoms with Gasteiger partial charge in [0.15, 0.2) is 16.6 Å². The third kappa shape index (κ3) is 3.55. The Balaban J connectivity index is 1.75. The first-order valence-corrected chi connectivity index (χ1v) is 11.2. The van der Waals surface area contributed by atoms with Crippen molar-refractivity contribution >= 4 is 55.7 Å². The predicted molar refractivity (Wildman–Crippen MR) is 128 cm³/mol. The number of carbonyl (C=O) groups is 2. The zero-order chi connectivity index (χ0) is 24.0. The van der Waals surface area contributed by atoms with E-state index in [4.69, 9.17) is 16.3 Å². The number of aliphatic hydroxyl groups excluding tert-OH is 1. The molecule has 2 aromatic heterocycles. The van der Waals surface area contributed by atoms with Crippen molar-refractivity contribution < 1.29 is 24.5 Å². The SMILES string of the molecule is COc1cc(C2C(=C(O)c3ccncc3)C(=O)C(=O)N2c2nc3ccc(Cl)cc3s2)ccc1O. The molecular weight excluding hydrogens is 478 g/mol. The van der Waals surface area contributed by atoms with Gasteiger partial charge >= 0.3 is 5.91 Å². The van der Waals surface area contributed by atoms with Crippen LogP contribution in [-0.2, 0) is 9.59 Å². The highest BCUT2D eigenvalue weighted by Crippen LogP contribution is 2.45. The summed E-state index contributed by atoms with van der Waals surface area (Å²) in [5, 5.41) is 22.0. The number of Topliss-reactive ketones (excluding diaryl/α,β-unsaturated/α-hetero) is 1. The Kier molecular flexibility index (Phi) is 5.43. The van der Waals surface area contributed by atoms with E-state index in [0.29, 0.717) is 21.7 Å². The number of rotatable bonds is 4. The van der Waals surface area contributed by atoms with Gasteiger partial charge in [0.2, 0.25) is 0 Å². The van der Waals surface area contributed by atoms with E-state index in [1.807, 2.05) is 0 Å². The molecule has 0 saturated carbocycles. The van der Waals surface area contributed by atoms with Crippen molar-refractivity contribution in [1.82, 2.24) is 9.97 Å². The predicted octanol–water partition coefficient (Wildman–Crippen LogP) is 4.69. The molecular formula is C24H16ClN3O5S. The average molecular weight is 494 g/mol. The van der Waals surface area contributed by atoms with Crippen molar-refractivity contribution in [3.05, 3.63) is 82.6 Å². The summed E-state index contributed by atoms with van der Waals surface area (Å²) >= 11 is 7.30. The molecule has 1 unspecified atom stereocenters. The normalized spacial score (nSPS) is 17.5. The summed E-state index contributed by atoms with van der Waals surface area (Å²) in [5.41, 5.74) is 1.28. The number of hydrogen-bond donors (Lipinski definition) is 2. The number of anilines is 1. The lowest BCUT2D eigenvalue weighted by Gasteiger charge is -2.23. The lowest BCUT2D eigenvalue weighted by molar-refractivity contribution is -0.132. The molecule has 5 rings (SSSR count). The Bertz CT molecular complexity index is 1480. The number of phenolic OH excluding ortho intramolecular Hbond substituents is 1. The van der Waals surface area contributed by atoms with Crippen molar-refractivity contribution in [2.24, 2.45) is 0 Å². The lowest BCUT2D eigenvalue weighted by Crippen LogP contribution is -2.29. The van der Waals surface area contributed by atoms with Gasteiger partial charge in [-0.1, -0.05) is 29.0 Å². The molecule has 2 N–H and O–H groups in total. The second kappa shape index (κ2) is 8.44. The Labute approximate surface area is 202 Å². The maximum Gasteiger partial charge on any atom is 0.301 e. The van der Waals surface area contributed by atoms with Gasteiger partial charge in [-0.3, -0.25) is 19.5 Å². The van der Waals surface area contributed by atoms with Crippen molar-refractivity contribution in [2.45, 2.75) is 6.04 Å². The van der Waals surface area contributed by atoms with Crippen molar-refractivity contribution in [3.63, 3.8) is 0 Å². The van der Waals surface area contributed by atoms with Crippen LogP contribution in [0.25, 0.3) is 16.0 Å². The Morgan fingerprint density at radius 1 is 1.12 bits per heavy atom. The van der Waals surface area contributed by atoms with Gasteiger partial charge in [0.1, 0.15) is 5.76 Å². The first kappa shape index (κ1) is 21.9. The van der Waals surface area contributed by atoms with E-state index in [0.717, 1.165) is 4.70 Å². The fraction of sp³-hybridized carbons (Fsp3) is 0.0833. The summed E-state index contributed by atoms with van der Waals surface area (Å²) in [5.74, 6) is -1.99. The van der Waals surface area contributed by atoms with Crippen LogP contribution in [0.4, 0.5) is 5.13 Å². The van der Waals surface area contributed by atoms with E-state index in [-0.39, 0.29) is 28.0 Å². The van der Waals surface area contributed by atoms with Crippen molar-refractivity contribution in [1.29, 1.82) is 0 Å². The number of ketones is 1. The molecule has 170 valence electrons.